The summed E-state index contributed by atoms with van der Waals surface area (Å²) in [5.74, 6) is -0.674. The fourth-order valence-electron chi connectivity index (χ4n) is 3.03. The van der Waals surface area contributed by atoms with E-state index in [0.29, 0.717) is 25.1 Å². The second kappa shape index (κ2) is 7.95. The summed E-state index contributed by atoms with van der Waals surface area (Å²) in [6, 6.07) is 7.08. The Bertz CT molecular complexity index is 604. The number of ether oxygens (including phenoxy) is 1. The molecule has 1 aliphatic carbocycles. The Labute approximate surface area is 142 Å². The smallest absolute Gasteiger partial charge is 0.331 e. The topological polar surface area (TPSA) is 84.5 Å². The summed E-state index contributed by atoms with van der Waals surface area (Å²) in [6.45, 7) is 3.51. The van der Waals surface area contributed by atoms with Gasteiger partial charge in [0.1, 0.15) is 5.54 Å². The van der Waals surface area contributed by atoms with E-state index in [-0.39, 0.29) is 24.2 Å². The number of benzene rings is 1. The lowest BCUT2D eigenvalue weighted by molar-refractivity contribution is -0.153. The molecule has 2 amide bonds. The molecule has 0 aromatic heterocycles. The summed E-state index contributed by atoms with van der Waals surface area (Å²) < 4.78 is 5.14. The molecule has 0 radical (unpaired) electrons. The van der Waals surface area contributed by atoms with Crippen molar-refractivity contribution in [1.29, 1.82) is 0 Å². The van der Waals surface area contributed by atoms with Crippen LogP contribution in [0.4, 0.5) is 5.69 Å². The molecule has 1 fully saturated rings. The standard InChI is InChI=1S/C18H24N2O4/c1-3-24-17(23)18(10-4-5-11-18)20-16(22)12-14-6-8-15(9-7-14)19-13(2)21/h6-9H,3-5,10-12H2,1-2H3,(H,19,21)(H,20,22). The van der Waals surface area contributed by atoms with E-state index in [1.54, 1.807) is 31.2 Å². The lowest BCUT2D eigenvalue weighted by Crippen LogP contribution is -2.53. The third-order valence-corrected chi connectivity index (χ3v) is 4.14. The Hall–Kier alpha value is -2.37. The first-order chi connectivity index (χ1) is 11.4. The van der Waals surface area contributed by atoms with Crippen molar-refractivity contribution in [2.45, 2.75) is 51.5 Å². The van der Waals surface area contributed by atoms with E-state index in [0.717, 1.165) is 18.4 Å². The largest absolute Gasteiger partial charge is 0.464 e. The summed E-state index contributed by atoms with van der Waals surface area (Å²) in [6.07, 6.45) is 3.24. The van der Waals surface area contributed by atoms with Gasteiger partial charge in [0.15, 0.2) is 0 Å². The van der Waals surface area contributed by atoms with Crippen LogP contribution in [0.3, 0.4) is 0 Å². The molecule has 0 bridgehead atoms. The van der Waals surface area contributed by atoms with Gasteiger partial charge in [-0.05, 0) is 37.5 Å². The highest BCUT2D eigenvalue weighted by Gasteiger charge is 2.43. The van der Waals surface area contributed by atoms with Crippen LogP contribution in [0.15, 0.2) is 24.3 Å². The lowest BCUT2D eigenvalue weighted by atomic mass is 9.97. The van der Waals surface area contributed by atoms with Crippen LogP contribution >= 0.6 is 0 Å². The van der Waals surface area contributed by atoms with Gasteiger partial charge in [0.2, 0.25) is 11.8 Å². The van der Waals surface area contributed by atoms with E-state index in [9.17, 15) is 14.4 Å². The predicted molar refractivity (Wildman–Crippen MR) is 90.4 cm³/mol. The van der Waals surface area contributed by atoms with Crippen LogP contribution in [0.2, 0.25) is 0 Å². The molecule has 24 heavy (non-hydrogen) atoms. The van der Waals surface area contributed by atoms with Crippen LogP contribution in [-0.4, -0.2) is 29.9 Å². The molecule has 0 aliphatic heterocycles. The number of hydrogen-bond donors (Lipinski definition) is 2. The Balaban J connectivity index is 1.98. The predicted octanol–water partition coefficient (Wildman–Crippen LogP) is 2.18. The first-order valence-electron chi connectivity index (χ1n) is 8.30. The van der Waals surface area contributed by atoms with Crippen molar-refractivity contribution in [3.8, 4) is 0 Å². The van der Waals surface area contributed by atoms with Crippen molar-refractivity contribution in [3.05, 3.63) is 29.8 Å². The summed E-state index contributed by atoms with van der Waals surface area (Å²) in [7, 11) is 0. The van der Waals surface area contributed by atoms with Crippen LogP contribution < -0.4 is 10.6 Å². The minimum atomic E-state index is -0.872. The first-order valence-corrected chi connectivity index (χ1v) is 8.30. The highest BCUT2D eigenvalue weighted by atomic mass is 16.5. The molecule has 130 valence electrons. The quantitative estimate of drug-likeness (QED) is 0.782. The number of amides is 2. The lowest BCUT2D eigenvalue weighted by Gasteiger charge is -2.27. The van der Waals surface area contributed by atoms with Gasteiger partial charge < -0.3 is 15.4 Å². The van der Waals surface area contributed by atoms with Gasteiger partial charge >= 0.3 is 5.97 Å². The minimum Gasteiger partial charge on any atom is -0.464 e. The molecule has 0 heterocycles. The first kappa shape index (κ1) is 18.0. The maximum atomic E-state index is 12.4. The number of nitrogens with one attached hydrogen (secondary N) is 2. The molecule has 1 saturated carbocycles. The number of esters is 1. The van der Waals surface area contributed by atoms with Gasteiger partial charge in [-0.25, -0.2) is 4.79 Å². The van der Waals surface area contributed by atoms with Crippen LogP contribution in [0.1, 0.15) is 45.1 Å². The van der Waals surface area contributed by atoms with Gasteiger partial charge in [-0.2, -0.15) is 0 Å². The highest BCUT2D eigenvalue weighted by molar-refractivity contribution is 5.90. The summed E-state index contributed by atoms with van der Waals surface area (Å²) >= 11 is 0. The number of carbonyl (C=O) groups is 3. The summed E-state index contributed by atoms with van der Waals surface area (Å²) in [5, 5.41) is 5.57. The fraction of sp³-hybridized carbons (Fsp3) is 0.500. The van der Waals surface area contributed by atoms with Crippen LogP contribution in [0, 0.1) is 0 Å². The molecule has 0 unspecified atom stereocenters. The third kappa shape index (κ3) is 4.57. The number of carbonyl (C=O) groups excluding carboxylic acids is 3. The van der Waals surface area contributed by atoms with E-state index in [4.69, 9.17) is 4.74 Å². The van der Waals surface area contributed by atoms with E-state index in [2.05, 4.69) is 10.6 Å². The summed E-state index contributed by atoms with van der Waals surface area (Å²) in [5.41, 5.74) is 0.632. The Morgan fingerprint density at radius 1 is 1.12 bits per heavy atom. The molecule has 2 rings (SSSR count). The minimum absolute atomic E-state index is 0.141. The maximum Gasteiger partial charge on any atom is 0.331 e. The maximum absolute atomic E-state index is 12.4. The molecule has 0 spiro atoms. The van der Waals surface area contributed by atoms with Crippen molar-refractivity contribution >= 4 is 23.5 Å². The third-order valence-electron chi connectivity index (χ3n) is 4.14. The molecule has 1 aromatic rings. The average Bonchev–Trinajstić information content (AvgIpc) is 2.98. The molecule has 1 aliphatic rings. The molecule has 0 atom stereocenters. The summed E-state index contributed by atoms with van der Waals surface area (Å²) in [4.78, 5) is 35.6. The van der Waals surface area contributed by atoms with Crippen molar-refractivity contribution in [2.75, 3.05) is 11.9 Å². The second-order valence-electron chi connectivity index (χ2n) is 6.11. The zero-order valence-corrected chi connectivity index (χ0v) is 14.2. The normalized spacial score (nSPS) is 15.6. The zero-order valence-electron chi connectivity index (χ0n) is 14.2. The second-order valence-corrected chi connectivity index (χ2v) is 6.11. The van der Waals surface area contributed by atoms with Gasteiger partial charge in [0.05, 0.1) is 13.0 Å². The highest BCUT2D eigenvalue weighted by Crippen LogP contribution is 2.31. The SMILES string of the molecule is CCOC(=O)C1(NC(=O)Cc2ccc(NC(C)=O)cc2)CCCC1. The van der Waals surface area contributed by atoms with Crippen molar-refractivity contribution in [1.82, 2.24) is 5.32 Å². The Morgan fingerprint density at radius 3 is 2.29 bits per heavy atom. The van der Waals surface area contributed by atoms with Crippen molar-refractivity contribution in [2.24, 2.45) is 0 Å². The van der Waals surface area contributed by atoms with E-state index in [1.807, 2.05) is 0 Å². The van der Waals surface area contributed by atoms with Crippen molar-refractivity contribution in [3.63, 3.8) is 0 Å². The monoisotopic (exact) mass is 332 g/mol. The number of anilines is 1. The Morgan fingerprint density at radius 2 is 1.75 bits per heavy atom. The Kier molecular flexibility index (Phi) is 5.95. The molecular weight excluding hydrogens is 308 g/mol. The van der Waals surface area contributed by atoms with Gasteiger partial charge in [-0.1, -0.05) is 25.0 Å². The molecular formula is C18H24N2O4. The zero-order chi connectivity index (χ0) is 17.6. The van der Waals surface area contributed by atoms with Crippen LogP contribution in [-0.2, 0) is 25.5 Å². The van der Waals surface area contributed by atoms with E-state index >= 15 is 0 Å². The van der Waals surface area contributed by atoms with Crippen LogP contribution in [0.5, 0.6) is 0 Å². The molecule has 6 nitrogen and oxygen atoms in total. The molecule has 6 heteroatoms. The molecule has 2 N–H and O–H groups in total. The molecule has 1 aromatic carbocycles. The average molecular weight is 332 g/mol. The van der Waals surface area contributed by atoms with Crippen molar-refractivity contribution < 1.29 is 19.1 Å². The number of rotatable bonds is 6. The van der Waals surface area contributed by atoms with Gasteiger partial charge in [0, 0.05) is 12.6 Å². The van der Waals surface area contributed by atoms with E-state index < -0.39 is 5.54 Å². The fourth-order valence-corrected chi connectivity index (χ4v) is 3.03. The van der Waals surface area contributed by atoms with Gasteiger partial charge in [-0.15, -0.1) is 0 Å². The van der Waals surface area contributed by atoms with Gasteiger partial charge in [-0.3, -0.25) is 9.59 Å². The van der Waals surface area contributed by atoms with Crippen LogP contribution in [0.25, 0.3) is 0 Å². The number of hydrogen-bond acceptors (Lipinski definition) is 4. The molecule has 0 saturated heterocycles. The van der Waals surface area contributed by atoms with Gasteiger partial charge in [0.25, 0.3) is 0 Å². The van der Waals surface area contributed by atoms with E-state index in [1.165, 1.54) is 6.92 Å².